The Morgan fingerprint density at radius 3 is 2.45 bits per heavy atom. The highest BCUT2D eigenvalue weighted by molar-refractivity contribution is 9.10. The first-order chi connectivity index (χ1) is 10.6. The Kier molecular flexibility index (Phi) is 4.12. The SMILES string of the molecule is CC(=O)[C@H]1Oc2ccccc2[C@@H]1CC(=O)c1ccc(Br)cc1. The predicted molar refractivity (Wildman–Crippen MR) is 87.4 cm³/mol. The fraction of sp³-hybridized carbons (Fsp3) is 0.222. The summed E-state index contributed by atoms with van der Waals surface area (Å²) in [5.74, 6) is 0.454. The number of carbonyl (C=O) groups is 2. The van der Waals surface area contributed by atoms with Crippen molar-refractivity contribution in [3.05, 3.63) is 64.1 Å². The van der Waals surface area contributed by atoms with Crippen molar-refractivity contribution < 1.29 is 14.3 Å². The molecule has 0 unspecified atom stereocenters. The van der Waals surface area contributed by atoms with Crippen molar-refractivity contribution >= 4 is 27.5 Å². The topological polar surface area (TPSA) is 43.4 Å². The summed E-state index contributed by atoms with van der Waals surface area (Å²) in [5, 5.41) is 0. The Morgan fingerprint density at radius 2 is 1.77 bits per heavy atom. The van der Waals surface area contributed by atoms with E-state index in [9.17, 15) is 9.59 Å². The molecule has 1 heterocycles. The molecule has 0 saturated carbocycles. The van der Waals surface area contributed by atoms with Gasteiger partial charge >= 0.3 is 0 Å². The van der Waals surface area contributed by atoms with Crippen LogP contribution >= 0.6 is 15.9 Å². The summed E-state index contributed by atoms with van der Waals surface area (Å²) in [4.78, 5) is 24.4. The minimum atomic E-state index is -0.572. The number of ketones is 2. The summed E-state index contributed by atoms with van der Waals surface area (Å²) in [5.41, 5.74) is 1.59. The molecule has 0 saturated heterocycles. The first kappa shape index (κ1) is 15.0. The molecule has 2 atom stereocenters. The van der Waals surface area contributed by atoms with Gasteiger partial charge in [0.25, 0.3) is 0 Å². The second-order valence-electron chi connectivity index (χ2n) is 5.43. The van der Waals surface area contributed by atoms with Crippen LogP contribution in [0.5, 0.6) is 5.75 Å². The summed E-state index contributed by atoms with van der Waals surface area (Å²) in [6, 6.07) is 14.8. The molecule has 0 spiro atoms. The number of rotatable bonds is 4. The summed E-state index contributed by atoms with van der Waals surface area (Å²) >= 11 is 3.36. The van der Waals surface area contributed by atoms with E-state index in [4.69, 9.17) is 4.74 Å². The molecule has 1 aliphatic heterocycles. The molecular weight excluding hydrogens is 344 g/mol. The van der Waals surface area contributed by atoms with Crippen LogP contribution < -0.4 is 4.74 Å². The molecule has 2 aromatic carbocycles. The maximum absolute atomic E-state index is 12.5. The molecule has 3 rings (SSSR count). The Balaban J connectivity index is 1.87. The molecule has 4 heteroatoms. The molecular formula is C18H15BrO3. The van der Waals surface area contributed by atoms with Crippen LogP contribution in [0.1, 0.15) is 35.2 Å². The lowest BCUT2D eigenvalue weighted by atomic mass is 9.87. The minimum absolute atomic E-state index is 0.0176. The van der Waals surface area contributed by atoms with Crippen LogP contribution in [0.3, 0.4) is 0 Å². The van der Waals surface area contributed by atoms with Crippen LogP contribution in [0.25, 0.3) is 0 Å². The van der Waals surface area contributed by atoms with Gasteiger partial charge in [0.15, 0.2) is 17.7 Å². The standard InChI is InChI=1S/C18H15BrO3/c1-11(20)18-15(14-4-2-3-5-17(14)22-18)10-16(21)12-6-8-13(19)9-7-12/h2-9,15,18H,10H2,1H3/t15-,18+/m0/s1. The van der Waals surface area contributed by atoms with E-state index >= 15 is 0 Å². The fourth-order valence-electron chi connectivity index (χ4n) is 2.81. The van der Waals surface area contributed by atoms with Crippen molar-refractivity contribution in [2.24, 2.45) is 0 Å². The van der Waals surface area contributed by atoms with Gasteiger partial charge in [0.2, 0.25) is 0 Å². The van der Waals surface area contributed by atoms with Crippen LogP contribution in [-0.2, 0) is 4.79 Å². The largest absolute Gasteiger partial charge is 0.482 e. The van der Waals surface area contributed by atoms with Gasteiger partial charge in [-0.25, -0.2) is 0 Å². The number of halogens is 1. The number of para-hydroxylation sites is 1. The Bertz CT molecular complexity index is 721. The molecule has 3 nitrogen and oxygen atoms in total. The lowest BCUT2D eigenvalue weighted by molar-refractivity contribution is -0.123. The van der Waals surface area contributed by atoms with E-state index in [-0.39, 0.29) is 23.9 Å². The van der Waals surface area contributed by atoms with Crippen LogP contribution in [-0.4, -0.2) is 17.7 Å². The summed E-state index contributed by atoms with van der Waals surface area (Å²) in [6.07, 6.45) is -0.306. The molecule has 1 aliphatic rings. The summed E-state index contributed by atoms with van der Waals surface area (Å²) in [6.45, 7) is 1.51. The molecule has 0 aliphatic carbocycles. The number of benzene rings is 2. The second kappa shape index (κ2) is 6.05. The highest BCUT2D eigenvalue weighted by atomic mass is 79.9. The number of hydrogen-bond acceptors (Lipinski definition) is 3. The van der Waals surface area contributed by atoms with Gasteiger partial charge in [0.05, 0.1) is 0 Å². The lowest BCUT2D eigenvalue weighted by Gasteiger charge is -2.15. The molecule has 22 heavy (non-hydrogen) atoms. The molecule has 0 radical (unpaired) electrons. The number of Topliss-reactive ketones (excluding diaryl/α,β-unsaturated/α-hetero) is 2. The van der Waals surface area contributed by atoms with E-state index < -0.39 is 6.10 Å². The molecule has 0 N–H and O–H groups in total. The number of hydrogen-bond donors (Lipinski definition) is 0. The maximum Gasteiger partial charge on any atom is 0.170 e. The average Bonchev–Trinajstić information content (AvgIpc) is 2.87. The van der Waals surface area contributed by atoms with Crippen molar-refractivity contribution in [1.29, 1.82) is 0 Å². The average molecular weight is 359 g/mol. The van der Waals surface area contributed by atoms with Gasteiger partial charge in [0, 0.05) is 27.9 Å². The first-order valence-corrected chi connectivity index (χ1v) is 7.90. The van der Waals surface area contributed by atoms with Crippen LogP contribution in [0.15, 0.2) is 53.0 Å². The Morgan fingerprint density at radius 1 is 1.09 bits per heavy atom. The smallest absolute Gasteiger partial charge is 0.170 e. The van der Waals surface area contributed by atoms with E-state index in [0.717, 1.165) is 10.0 Å². The molecule has 112 valence electrons. The van der Waals surface area contributed by atoms with Gasteiger partial charge in [-0.15, -0.1) is 0 Å². The first-order valence-electron chi connectivity index (χ1n) is 7.11. The van der Waals surface area contributed by atoms with Crippen molar-refractivity contribution in [2.45, 2.75) is 25.4 Å². The van der Waals surface area contributed by atoms with E-state index in [0.29, 0.717) is 11.3 Å². The van der Waals surface area contributed by atoms with Crippen molar-refractivity contribution in [1.82, 2.24) is 0 Å². The molecule has 2 aromatic rings. The number of fused-ring (bicyclic) bond motifs is 1. The fourth-order valence-corrected chi connectivity index (χ4v) is 3.08. The number of ether oxygens (including phenoxy) is 1. The molecule has 0 amide bonds. The highest BCUT2D eigenvalue weighted by Crippen LogP contribution is 2.41. The monoisotopic (exact) mass is 358 g/mol. The van der Waals surface area contributed by atoms with Crippen molar-refractivity contribution in [2.75, 3.05) is 0 Å². The molecule has 0 aromatic heterocycles. The summed E-state index contributed by atoms with van der Waals surface area (Å²) in [7, 11) is 0. The van der Waals surface area contributed by atoms with Gasteiger partial charge in [-0.05, 0) is 25.1 Å². The van der Waals surface area contributed by atoms with Crippen molar-refractivity contribution in [3.63, 3.8) is 0 Å². The number of carbonyl (C=O) groups excluding carboxylic acids is 2. The quantitative estimate of drug-likeness (QED) is 0.770. The summed E-state index contributed by atoms with van der Waals surface area (Å²) < 4.78 is 6.66. The normalized spacial score (nSPS) is 19.4. The second-order valence-corrected chi connectivity index (χ2v) is 6.34. The zero-order valence-electron chi connectivity index (χ0n) is 12.1. The van der Waals surface area contributed by atoms with E-state index in [2.05, 4.69) is 15.9 Å². The van der Waals surface area contributed by atoms with E-state index in [1.807, 2.05) is 36.4 Å². The van der Waals surface area contributed by atoms with Crippen LogP contribution in [0.4, 0.5) is 0 Å². The lowest BCUT2D eigenvalue weighted by Crippen LogP contribution is -2.28. The highest BCUT2D eigenvalue weighted by Gasteiger charge is 2.38. The molecule has 0 bridgehead atoms. The third-order valence-electron chi connectivity index (χ3n) is 3.91. The Labute approximate surface area is 137 Å². The third kappa shape index (κ3) is 2.83. The zero-order valence-corrected chi connectivity index (χ0v) is 13.7. The van der Waals surface area contributed by atoms with Crippen LogP contribution in [0.2, 0.25) is 0 Å². The van der Waals surface area contributed by atoms with Gasteiger partial charge in [-0.2, -0.15) is 0 Å². The van der Waals surface area contributed by atoms with Crippen LogP contribution in [0, 0.1) is 0 Å². The van der Waals surface area contributed by atoms with E-state index in [1.54, 1.807) is 12.1 Å². The predicted octanol–water partition coefficient (Wildman–Crippen LogP) is 4.16. The minimum Gasteiger partial charge on any atom is -0.482 e. The van der Waals surface area contributed by atoms with Gasteiger partial charge < -0.3 is 4.74 Å². The van der Waals surface area contributed by atoms with Gasteiger partial charge in [-0.1, -0.05) is 46.3 Å². The van der Waals surface area contributed by atoms with Gasteiger partial charge in [0.1, 0.15) is 5.75 Å². The van der Waals surface area contributed by atoms with Gasteiger partial charge in [-0.3, -0.25) is 9.59 Å². The van der Waals surface area contributed by atoms with Crippen molar-refractivity contribution in [3.8, 4) is 5.75 Å². The Hall–Kier alpha value is -1.94. The van der Waals surface area contributed by atoms with E-state index in [1.165, 1.54) is 6.92 Å². The zero-order chi connectivity index (χ0) is 15.7. The molecule has 0 fully saturated rings. The maximum atomic E-state index is 12.5. The third-order valence-corrected chi connectivity index (χ3v) is 4.44.